The summed E-state index contributed by atoms with van der Waals surface area (Å²) in [6.45, 7) is 1.47. The highest BCUT2D eigenvalue weighted by Gasteiger charge is 2.15. The molecule has 1 aromatic heterocycles. The van der Waals surface area contributed by atoms with Crippen LogP contribution >= 0.6 is 35.7 Å². The molecule has 0 saturated carbocycles. The maximum Gasteiger partial charge on any atom is 0.214 e. The van der Waals surface area contributed by atoms with Crippen molar-refractivity contribution < 1.29 is 4.42 Å². The highest BCUT2D eigenvalue weighted by atomic mass is 127. The molecule has 1 atom stereocenters. The predicted molar refractivity (Wildman–Crippen MR) is 111 cm³/mol. The van der Waals surface area contributed by atoms with E-state index in [-0.39, 0.29) is 24.0 Å². The Morgan fingerprint density at radius 3 is 2.88 bits per heavy atom. The third kappa shape index (κ3) is 5.41. The second kappa shape index (κ2) is 9.93. The topological polar surface area (TPSA) is 62.5 Å². The van der Waals surface area contributed by atoms with Crippen molar-refractivity contribution in [2.75, 3.05) is 19.3 Å². The van der Waals surface area contributed by atoms with E-state index in [2.05, 4.69) is 20.6 Å². The van der Waals surface area contributed by atoms with Crippen LogP contribution in [-0.2, 0) is 6.54 Å². The number of aromatic nitrogens is 1. The lowest BCUT2D eigenvalue weighted by Crippen LogP contribution is -2.39. The molecule has 2 heterocycles. The van der Waals surface area contributed by atoms with Gasteiger partial charge in [-0.15, -0.1) is 24.0 Å². The van der Waals surface area contributed by atoms with E-state index >= 15 is 0 Å². The maximum atomic E-state index is 5.78. The zero-order valence-electron chi connectivity index (χ0n) is 13.7. The standard InChI is InChI=1S/C17H22N4OS.HI/c1-18-17(20-10-14-8-5-9-23-14)21-12-16-19-11-15(22-16)13-6-3-2-4-7-13;/h2-4,6-7,11,14H,5,8-10,12H2,1H3,(H2,18,20,21);1H. The molecule has 0 aliphatic carbocycles. The monoisotopic (exact) mass is 458 g/mol. The number of hydrogen-bond donors (Lipinski definition) is 2. The molecule has 0 bridgehead atoms. The summed E-state index contributed by atoms with van der Waals surface area (Å²) in [5.74, 6) is 3.50. The summed E-state index contributed by atoms with van der Waals surface area (Å²) in [6.07, 6.45) is 4.37. The summed E-state index contributed by atoms with van der Waals surface area (Å²) < 4.78 is 5.78. The first-order valence-corrected chi connectivity index (χ1v) is 8.96. The Bertz CT molecular complexity index is 641. The molecule has 1 aromatic carbocycles. The van der Waals surface area contributed by atoms with Crippen molar-refractivity contribution in [1.29, 1.82) is 0 Å². The number of nitrogens with one attached hydrogen (secondary N) is 2. The largest absolute Gasteiger partial charge is 0.439 e. The van der Waals surface area contributed by atoms with E-state index in [0.717, 1.165) is 23.8 Å². The molecule has 1 aliphatic rings. The Morgan fingerprint density at radius 1 is 1.33 bits per heavy atom. The van der Waals surface area contributed by atoms with Crippen molar-refractivity contribution in [3.05, 3.63) is 42.4 Å². The molecule has 1 fully saturated rings. The Morgan fingerprint density at radius 2 is 2.17 bits per heavy atom. The molecule has 130 valence electrons. The molecule has 7 heteroatoms. The highest BCUT2D eigenvalue weighted by molar-refractivity contribution is 14.0. The van der Waals surface area contributed by atoms with Gasteiger partial charge in [0.05, 0.1) is 12.7 Å². The average Bonchev–Trinajstić information content (AvgIpc) is 3.27. The van der Waals surface area contributed by atoms with E-state index in [1.165, 1.54) is 18.6 Å². The quantitative estimate of drug-likeness (QED) is 0.408. The number of hydrogen-bond acceptors (Lipinski definition) is 4. The van der Waals surface area contributed by atoms with Crippen molar-refractivity contribution in [3.63, 3.8) is 0 Å². The van der Waals surface area contributed by atoms with Gasteiger partial charge in [0.1, 0.15) is 0 Å². The van der Waals surface area contributed by atoms with Crippen molar-refractivity contribution in [1.82, 2.24) is 15.6 Å². The van der Waals surface area contributed by atoms with Crippen LogP contribution in [0.1, 0.15) is 18.7 Å². The van der Waals surface area contributed by atoms with Gasteiger partial charge in [0.25, 0.3) is 0 Å². The summed E-state index contributed by atoms with van der Waals surface area (Å²) in [6, 6.07) is 9.99. The van der Waals surface area contributed by atoms with Crippen molar-refractivity contribution in [3.8, 4) is 11.3 Å². The molecule has 3 rings (SSSR count). The van der Waals surface area contributed by atoms with Gasteiger partial charge in [-0.1, -0.05) is 30.3 Å². The first-order valence-electron chi connectivity index (χ1n) is 7.91. The van der Waals surface area contributed by atoms with Gasteiger partial charge in [-0.2, -0.15) is 11.8 Å². The Hall–Kier alpha value is -1.22. The van der Waals surface area contributed by atoms with Crippen LogP contribution in [0, 0.1) is 0 Å². The molecule has 1 saturated heterocycles. The molecule has 24 heavy (non-hydrogen) atoms. The summed E-state index contributed by atoms with van der Waals surface area (Å²) in [4.78, 5) is 8.57. The number of oxazole rings is 1. The SMILES string of the molecule is CN=C(NCc1ncc(-c2ccccc2)o1)NCC1CCCS1.I. The molecule has 1 unspecified atom stereocenters. The Balaban J connectivity index is 0.00000208. The van der Waals surface area contributed by atoms with Crippen molar-refractivity contribution in [2.45, 2.75) is 24.6 Å². The molecule has 2 aromatic rings. The fourth-order valence-electron chi connectivity index (χ4n) is 2.52. The molecule has 1 aliphatic heterocycles. The Labute approximate surface area is 164 Å². The van der Waals surface area contributed by atoms with Crippen molar-refractivity contribution in [2.24, 2.45) is 4.99 Å². The van der Waals surface area contributed by atoms with E-state index in [1.54, 1.807) is 13.2 Å². The third-order valence-corrected chi connectivity index (χ3v) is 5.16. The normalized spacial score (nSPS) is 17.4. The number of nitrogens with zero attached hydrogens (tertiary/aromatic N) is 2. The van der Waals surface area contributed by atoms with Gasteiger partial charge in [0.2, 0.25) is 5.89 Å². The third-order valence-electron chi connectivity index (χ3n) is 3.76. The number of rotatable bonds is 5. The van der Waals surface area contributed by atoms with Crippen LogP contribution in [0.15, 0.2) is 45.9 Å². The zero-order chi connectivity index (χ0) is 15.9. The maximum absolute atomic E-state index is 5.78. The van der Waals surface area contributed by atoms with Gasteiger partial charge < -0.3 is 15.1 Å². The molecule has 0 amide bonds. The highest BCUT2D eigenvalue weighted by Crippen LogP contribution is 2.25. The number of halogens is 1. The van der Waals surface area contributed by atoms with Gasteiger partial charge in [-0.05, 0) is 18.6 Å². The van der Waals surface area contributed by atoms with Gasteiger partial charge in [-0.3, -0.25) is 4.99 Å². The van der Waals surface area contributed by atoms with Gasteiger partial charge in [0.15, 0.2) is 11.7 Å². The lowest BCUT2D eigenvalue weighted by Gasteiger charge is -2.13. The van der Waals surface area contributed by atoms with E-state index in [1.807, 2.05) is 42.1 Å². The molecule has 5 nitrogen and oxygen atoms in total. The zero-order valence-corrected chi connectivity index (χ0v) is 16.8. The smallest absolute Gasteiger partial charge is 0.214 e. The molecule has 0 radical (unpaired) electrons. The second-order valence-electron chi connectivity index (χ2n) is 5.43. The summed E-state index contributed by atoms with van der Waals surface area (Å²) in [5.41, 5.74) is 1.03. The fraction of sp³-hybridized carbons (Fsp3) is 0.412. The minimum atomic E-state index is 0. The van der Waals surface area contributed by atoms with Crippen LogP contribution in [0.5, 0.6) is 0 Å². The number of aliphatic imine (C=N–C) groups is 1. The minimum Gasteiger partial charge on any atom is -0.439 e. The molecule has 0 spiro atoms. The first-order chi connectivity index (χ1) is 11.3. The number of benzene rings is 1. The minimum absolute atomic E-state index is 0. The lowest BCUT2D eigenvalue weighted by atomic mass is 10.2. The van der Waals surface area contributed by atoms with Crippen LogP contribution in [0.25, 0.3) is 11.3 Å². The average molecular weight is 458 g/mol. The van der Waals surface area contributed by atoms with E-state index in [4.69, 9.17) is 4.42 Å². The summed E-state index contributed by atoms with van der Waals surface area (Å²) in [7, 11) is 1.78. The van der Waals surface area contributed by atoms with Crippen LogP contribution in [0.3, 0.4) is 0 Å². The number of guanidine groups is 1. The fourth-order valence-corrected chi connectivity index (χ4v) is 3.72. The van der Waals surface area contributed by atoms with Crippen LogP contribution < -0.4 is 10.6 Å². The molecular formula is C17H23IN4OS. The molecular weight excluding hydrogens is 435 g/mol. The van der Waals surface area contributed by atoms with E-state index in [9.17, 15) is 0 Å². The predicted octanol–water partition coefficient (Wildman–Crippen LogP) is 3.52. The molecule has 2 N–H and O–H groups in total. The summed E-state index contributed by atoms with van der Waals surface area (Å²) >= 11 is 2.03. The van der Waals surface area contributed by atoms with Gasteiger partial charge >= 0.3 is 0 Å². The second-order valence-corrected chi connectivity index (χ2v) is 6.83. The van der Waals surface area contributed by atoms with E-state index < -0.39 is 0 Å². The van der Waals surface area contributed by atoms with Crippen molar-refractivity contribution >= 4 is 41.7 Å². The van der Waals surface area contributed by atoms with Crippen LogP contribution in [0.2, 0.25) is 0 Å². The number of thioether (sulfide) groups is 1. The van der Waals surface area contributed by atoms with E-state index in [0.29, 0.717) is 17.7 Å². The summed E-state index contributed by atoms with van der Waals surface area (Å²) in [5, 5.41) is 7.31. The lowest BCUT2D eigenvalue weighted by molar-refractivity contribution is 0.497. The first kappa shape index (κ1) is 19.1. The van der Waals surface area contributed by atoms with Crippen LogP contribution in [0.4, 0.5) is 0 Å². The van der Waals surface area contributed by atoms with Gasteiger partial charge in [-0.25, -0.2) is 4.98 Å². The van der Waals surface area contributed by atoms with Gasteiger partial charge in [0, 0.05) is 24.4 Å². The van der Waals surface area contributed by atoms with Crippen LogP contribution in [-0.4, -0.2) is 35.5 Å². The Kier molecular flexibility index (Phi) is 7.90.